The summed E-state index contributed by atoms with van der Waals surface area (Å²) in [4.78, 5) is 17.0. The third kappa shape index (κ3) is 4.43. The molecule has 10 heteroatoms. The molecule has 3 aromatic rings. The van der Waals surface area contributed by atoms with Crippen LogP contribution in [0.3, 0.4) is 0 Å². The lowest BCUT2D eigenvalue weighted by Crippen LogP contribution is -2.13. The molecule has 26 heavy (non-hydrogen) atoms. The summed E-state index contributed by atoms with van der Waals surface area (Å²) in [5.41, 5.74) is 2.38. The maximum Gasteiger partial charge on any atom is 0.260 e. The van der Waals surface area contributed by atoms with Crippen LogP contribution in [0.4, 0.5) is 5.13 Å². The van der Waals surface area contributed by atoms with Crippen LogP contribution in [-0.4, -0.2) is 32.0 Å². The molecule has 136 valence electrons. The smallest absolute Gasteiger partial charge is 0.260 e. The molecule has 3 rings (SSSR count). The summed E-state index contributed by atoms with van der Waals surface area (Å²) in [7, 11) is 0. The zero-order valence-electron chi connectivity index (χ0n) is 14.5. The van der Waals surface area contributed by atoms with Crippen molar-refractivity contribution in [3.05, 3.63) is 40.9 Å². The van der Waals surface area contributed by atoms with E-state index in [1.165, 1.54) is 23.1 Å². The molecular weight excluding hydrogens is 390 g/mol. The highest BCUT2D eigenvalue weighted by molar-refractivity contribution is 8.01. The Morgan fingerprint density at radius 1 is 1.31 bits per heavy atom. The fraction of sp³-hybridized carbons (Fsp3) is 0.312. The molecule has 0 atom stereocenters. The Morgan fingerprint density at radius 2 is 2.15 bits per heavy atom. The molecule has 0 radical (unpaired) electrons. The van der Waals surface area contributed by atoms with Gasteiger partial charge in [-0.15, -0.1) is 22.0 Å². The minimum atomic E-state index is -0.247. The van der Waals surface area contributed by atoms with E-state index in [9.17, 15) is 4.79 Å². The molecule has 7 nitrogen and oxygen atoms in total. The van der Waals surface area contributed by atoms with Crippen LogP contribution in [0.15, 0.2) is 32.2 Å². The molecule has 0 spiro atoms. The summed E-state index contributed by atoms with van der Waals surface area (Å²) in [5, 5.41) is 15.9. The minimum absolute atomic E-state index is 0.247. The van der Waals surface area contributed by atoms with Crippen molar-refractivity contribution >= 4 is 45.9 Å². The highest BCUT2D eigenvalue weighted by Crippen LogP contribution is 2.29. The number of aryl methyl sites for hydroxylation is 2. The highest BCUT2D eigenvalue weighted by Gasteiger charge is 2.17. The highest BCUT2D eigenvalue weighted by atomic mass is 32.2. The average molecular weight is 408 g/mol. The summed E-state index contributed by atoms with van der Waals surface area (Å²) in [6.45, 7) is 5.82. The number of hydrogen-bond donors (Lipinski definition) is 1. The summed E-state index contributed by atoms with van der Waals surface area (Å²) in [6, 6.07) is 3.49. The standard InChI is InChI=1S/C16H17N5O2S3/c1-4-24-16-20-19-15(26-16)18-13(22)11-6-5-7-17-14(11)25-8-12-9(2)21-23-10(12)3/h5-7H,4,8H2,1-3H3,(H,18,19,22). The number of anilines is 1. The van der Waals surface area contributed by atoms with Gasteiger partial charge in [0, 0.05) is 17.5 Å². The van der Waals surface area contributed by atoms with Crippen LogP contribution < -0.4 is 5.32 Å². The zero-order valence-corrected chi connectivity index (χ0v) is 16.9. The zero-order chi connectivity index (χ0) is 18.5. The normalized spacial score (nSPS) is 10.9. The van der Waals surface area contributed by atoms with E-state index in [0.717, 1.165) is 27.1 Å². The number of aromatic nitrogens is 4. The second-order valence-electron chi connectivity index (χ2n) is 5.21. The second-order valence-corrected chi connectivity index (χ2v) is 8.66. The van der Waals surface area contributed by atoms with Crippen LogP contribution in [0.2, 0.25) is 0 Å². The first-order valence-corrected chi connectivity index (χ1v) is 10.6. The molecule has 0 aliphatic heterocycles. The van der Waals surface area contributed by atoms with Gasteiger partial charge in [-0.05, 0) is 31.7 Å². The molecule has 0 aliphatic carbocycles. The van der Waals surface area contributed by atoms with Gasteiger partial charge in [0.25, 0.3) is 5.91 Å². The number of amides is 1. The van der Waals surface area contributed by atoms with Crippen molar-refractivity contribution < 1.29 is 9.32 Å². The van der Waals surface area contributed by atoms with Gasteiger partial charge in [-0.25, -0.2) is 4.98 Å². The SMILES string of the molecule is CCSc1nnc(NC(=O)c2cccnc2SCc2c(C)noc2C)s1. The first-order chi connectivity index (χ1) is 12.6. The van der Waals surface area contributed by atoms with Gasteiger partial charge in [0.1, 0.15) is 10.8 Å². The number of rotatable bonds is 7. The Kier molecular flexibility index (Phi) is 6.28. The van der Waals surface area contributed by atoms with Crippen molar-refractivity contribution in [3.8, 4) is 0 Å². The Bertz CT molecular complexity index is 889. The van der Waals surface area contributed by atoms with Gasteiger partial charge in [0.05, 0.1) is 11.3 Å². The number of hydrogen-bond acceptors (Lipinski definition) is 9. The summed E-state index contributed by atoms with van der Waals surface area (Å²) < 4.78 is 6.02. The van der Waals surface area contributed by atoms with Crippen molar-refractivity contribution in [2.45, 2.75) is 35.9 Å². The lowest BCUT2D eigenvalue weighted by Gasteiger charge is -2.07. The van der Waals surface area contributed by atoms with Gasteiger partial charge in [-0.3, -0.25) is 10.1 Å². The van der Waals surface area contributed by atoms with Gasteiger partial charge in [-0.2, -0.15) is 0 Å². The quantitative estimate of drug-likeness (QED) is 0.460. The number of nitrogens with zero attached hydrogens (tertiary/aromatic N) is 4. The lowest BCUT2D eigenvalue weighted by atomic mass is 10.2. The van der Waals surface area contributed by atoms with Crippen molar-refractivity contribution in [3.63, 3.8) is 0 Å². The summed E-state index contributed by atoms with van der Waals surface area (Å²) in [6.07, 6.45) is 1.67. The van der Waals surface area contributed by atoms with Crippen LogP contribution >= 0.6 is 34.9 Å². The number of thioether (sulfide) groups is 2. The average Bonchev–Trinajstić information content (AvgIpc) is 3.20. The van der Waals surface area contributed by atoms with Gasteiger partial charge in [0.15, 0.2) is 4.34 Å². The molecule has 0 fully saturated rings. The molecule has 0 saturated heterocycles. The summed E-state index contributed by atoms with van der Waals surface area (Å²) in [5.74, 6) is 2.08. The molecule has 0 aromatic carbocycles. The van der Waals surface area contributed by atoms with Gasteiger partial charge in [0.2, 0.25) is 5.13 Å². The first-order valence-electron chi connectivity index (χ1n) is 7.85. The monoisotopic (exact) mass is 407 g/mol. The maximum atomic E-state index is 12.6. The Balaban J connectivity index is 1.72. The molecule has 3 heterocycles. The van der Waals surface area contributed by atoms with E-state index in [4.69, 9.17) is 4.52 Å². The van der Waals surface area contributed by atoms with Crippen LogP contribution in [0.5, 0.6) is 0 Å². The van der Waals surface area contributed by atoms with E-state index in [0.29, 0.717) is 21.5 Å². The summed E-state index contributed by atoms with van der Waals surface area (Å²) >= 11 is 4.43. The molecule has 0 saturated carbocycles. The number of carbonyl (C=O) groups excluding carboxylic acids is 1. The van der Waals surface area contributed by atoms with Crippen molar-refractivity contribution in [2.75, 3.05) is 11.1 Å². The Hall–Kier alpha value is -1.91. The fourth-order valence-electron chi connectivity index (χ4n) is 2.13. The molecule has 0 bridgehead atoms. The van der Waals surface area contributed by atoms with Crippen molar-refractivity contribution in [1.82, 2.24) is 20.3 Å². The van der Waals surface area contributed by atoms with Crippen molar-refractivity contribution in [2.24, 2.45) is 0 Å². The molecule has 0 unspecified atom stereocenters. The lowest BCUT2D eigenvalue weighted by molar-refractivity contribution is 0.102. The van der Waals surface area contributed by atoms with E-state index >= 15 is 0 Å². The number of pyridine rings is 1. The predicted octanol–water partition coefficient (Wildman–Crippen LogP) is 4.19. The van der Waals surface area contributed by atoms with Crippen LogP contribution in [0.25, 0.3) is 0 Å². The van der Waals surface area contributed by atoms with E-state index < -0.39 is 0 Å². The van der Waals surface area contributed by atoms with E-state index in [-0.39, 0.29) is 5.91 Å². The molecular formula is C16H17N5O2S3. The molecule has 3 aromatic heterocycles. The first kappa shape index (κ1) is 18.9. The maximum absolute atomic E-state index is 12.6. The topological polar surface area (TPSA) is 93.8 Å². The second kappa shape index (κ2) is 8.65. The molecule has 1 N–H and O–H groups in total. The minimum Gasteiger partial charge on any atom is -0.361 e. The van der Waals surface area contributed by atoms with E-state index in [1.807, 2.05) is 20.8 Å². The third-order valence-electron chi connectivity index (χ3n) is 3.44. The third-order valence-corrected chi connectivity index (χ3v) is 6.33. The largest absolute Gasteiger partial charge is 0.361 e. The predicted molar refractivity (Wildman–Crippen MR) is 104 cm³/mol. The Labute approximate surface area is 163 Å². The van der Waals surface area contributed by atoms with Crippen molar-refractivity contribution in [1.29, 1.82) is 0 Å². The molecule has 0 aliphatic rings. The van der Waals surface area contributed by atoms with Gasteiger partial charge in [-0.1, -0.05) is 35.2 Å². The van der Waals surface area contributed by atoms with Crippen LogP contribution in [0, 0.1) is 13.8 Å². The van der Waals surface area contributed by atoms with Crippen LogP contribution in [-0.2, 0) is 5.75 Å². The van der Waals surface area contributed by atoms with Gasteiger partial charge < -0.3 is 4.52 Å². The Morgan fingerprint density at radius 3 is 2.88 bits per heavy atom. The molecule has 1 amide bonds. The van der Waals surface area contributed by atoms with Crippen LogP contribution in [0.1, 0.15) is 34.3 Å². The van der Waals surface area contributed by atoms with E-state index in [2.05, 4.69) is 25.7 Å². The fourth-order valence-corrected chi connectivity index (χ4v) is 4.92. The number of nitrogens with one attached hydrogen (secondary N) is 1. The number of carbonyl (C=O) groups is 1. The van der Waals surface area contributed by atoms with E-state index in [1.54, 1.807) is 30.1 Å². The van der Waals surface area contributed by atoms with Gasteiger partial charge >= 0.3 is 0 Å².